The maximum atomic E-state index is 11.8. The molecule has 0 aromatic rings. The highest BCUT2D eigenvalue weighted by Crippen LogP contribution is 2.61. The Kier molecular flexibility index (Phi) is 4.16. The topological polar surface area (TPSA) is 43.4 Å². The van der Waals surface area contributed by atoms with E-state index in [-0.39, 0.29) is 17.5 Å². The molecule has 0 aromatic heterocycles. The van der Waals surface area contributed by atoms with Gasteiger partial charge in [-0.3, -0.25) is 9.59 Å². The molecule has 0 heterocycles. The van der Waals surface area contributed by atoms with Crippen LogP contribution in [0.4, 0.5) is 0 Å². The number of Topliss-reactive ketones (excluding diaryl/α,β-unsaturated/α-hetero) is 1. The van der Waals surface area contributed by atoms with Crippen LogP contribution in [-0.4, -0.2) is 17.9 Å². The summed E-state index contributed by atoms with van der Waals surface area (Å²) in [5.74, 6) is 1.96. The van der Waals surface area contributed by atoms with Crippen LogP contribution in [0.2, 0.25) is 0 Å². The summed E-state index contributed by atoms with van der Waals surface area (Å²) in [5, 5.41) is 0. The van der Waals surface area contributed by atoms with E-state index in [2.05, 4.69) is 19.9 Å². The highest BCUT2D eigenvalue weighted by molar-refractivity contribution is 5.83. The van der Waals surface area contributed by atoms with Crippen molar-refractivity contribution >= 4 is 11.8 Å². The van der Waals surface area contributed by atoms with Gasteiger partial charge < -0.3 is 4.74 Å². The second-order valence-corrected chi connectivity index (χ2v) is 8.85. The molecule has 0 radical (unpaired) electrons. The second-order valence-electron chi connectivity index (χ2n) is 8.85. The highest BCUT2D eigenvalue weighted by atomic mass is 16.5. The summed E-state index contributed by atoms with van der Waals surface area (Å²) in [7, 11) is 0. The predicted molar refractivity (Wildman–Crippen MR) is 96.9 cm³/mol. The number of fused-ring (bicyclic) bond motifs is 4. The fraction of sp³-hybridized carbons (Fsp3) is 0.727. The number of hydrogen-bond donors (Lipinski definition) is 0. The molecule has 1 saturated carbocycles. The lowest BCUT2D eigenvalue weighted by Gasteiger charge is -2.47. The lowest BCUT2D eigenvalue weighted by molar-refractivity contribution is -0.155. The first-order valence-electron chi connectivity index (χ1n) is 10.0. The minimum atomic E-state index is -0.139. The molecule has 4 rings (SSSR count). The van der Waals surface area contributed by atoms with Crippen LogP contribution >= 0.6 is 0 Å². The van der Waals surface area contributed by atoms with Crippen molar-refractivity contribution in [3.8, 4) is 0 Å². The van der Waals surface area contributed by atoms with Crippen LogP contribution in [0.25, 0.3) is 0 Å². The van der Waals surface area contributed by atoms with E-state index in [0.717, 1.165) is 32.1 Å². The first-order valence-corrected chi connectivity index (χ1v) is 10.0. The summed E-state index contributed by atoms with van der Waals surface area (Å²) in [5.41, 5.74) is 4.56. The normalized spacial score (nSPS) is 40.1. The molecule has 1 fully saturated rings. The molecule has 0 amide bonds. The molecule has 0 unspecified atom stereocenters. The summed E-state index contributed by atoms with van der Waals surface area (Å²) in [4.78, 5) is 23.5. The molecular weight excluding hydrogens is 312 g/mol. The maximum Gasteiger partial charge on any atom is 0.302 e. The summed E-state index contributed by atoms with van der Waals surface area (Å²) in [6, 6.07) is 0. The Morgan fingerprint density at radius 1 is 1.32 bits per heavy atom. The van der Waals surface area contributed by atoms with Crippen molar-refractivity contribution in [2.75, 3.05) is 0 Å². The Morgan fingerprint density at radius 2 is 2.12 bits per heavy atom. The van der Waals surface area contributed by atoms with E-state index >= 15 is 0 Å². The van der Waals surface area contributed by atoms with Gasteiger partial charge in [0.05, 0.1) is 0 Å². The van der Waals surface area contributed by atoms with Crippen molar-refractivity contribution in [1.82, 2.24) is 0 Å². The maximum absolute atomic E-state index is 11.8. The minimum absolute atomic E-state index is 0.0566. The third-order valence-electron chi connectivity index (χ3n) is 7.54. The number of rotatable bonds is 2. The van der Waals surface area contributed by atoms with Crippen LogP contribution in [0, 0.1) is 23.2 Å². The number of ketones is 1. The number of allylic oxidation sites excluding steroid dienone is 4. The number of hydrogen-bond acceptors (Lipinski definition) is 3. The second kappa shape index (κ2) is 6.10. The van der Waals surface area contributed by atoms with Gasteiger partial charge in [0.1, 0.15) is 11.9 Å². The number of ether oxygens (including phenoxy) is 1. The molecule has 3 nitrogen and oxygen atoms in total. The fourth-order valence-electron chi connectivity index (χ4n) is 6.34. The molecule has 3 heteroatoms. The number of carbonyl (C=O) groups excluding carboxylic acids is 2. The molecule has 136 valence electrons. The van der Waals surface area contributed by atoms with Crippen molar-refractivity contribution in [2.24, 2.45) is 23.2 Å². The van der Waals surface area contributed by atoms with E-state index in [1.165, 1.54) is 24.0 Å². The van der Waals surface area contributed by atoms with E-state index < -0.39 is 0 Å². The van der Waals surface area contributed by atoms with Crippen LogP contribution in [0.5, 0.6) is 0 Å². The molecule has 0 saturated heterocycles. The summed E-state index contributed by atoms with van der Waals surface area (Å²) in [6.07, 6.45) is 10.4. The third kappa shape index (κ3) is 2.62. The SMILES string of the molecule is CC[C@@H]1C[C@H]2[C@@H]3CCC4=C(CCC(=O)C4)C3=CC[C@]2(C)[C@H]1OC(C)=O. The van der Waals surface area contributed by atoms with Crippen molar-refractivity contribution in [2.45, 2.75) is 78.2 Å². The third-order valence-corrected chi connectivity index (χ3v) is 7.54. The monoisotopic (exact) mass is 342 g/mol. The Balaban J connectivity index is 1.68. The van der Waals surface area contributed by atoms with Crippen LogP contribution < -0.4 is 0 Å². The van der Waals surface area contributed by atoms with Crippen molar-refractivity contribution in [3.05, 3.63) is 22.8 Å². The largest absolute Gasteiger partial charge is 0.462 e. The van der Waals surface area contributed by atoms with Gasteiger partial charge in [0.25, 0.3) is 0 Å². The Hall–Kier alpha value is -1.38. The Morgan fingerprint density at radius 3 is 2.84 bits per heavy atom. The lowest BCUT2D eigenvalue weighted by atomic mass is 9.58. The molecule has 0 aromatic carbocycles. The summed E-state index contributed by atoms with van der Waals surface area (Å²) >= 11 is 0. The molecule has 0 aliphatic heterocycles. The first kappa shape index (κ1) is 17.1. The van der Waals surface area contributed by atoms with Crippen molar-refractivity contribution in [3.63, 3.8) is 0 Å². The fourth-order valence-corrected chi connectivity index (χ4v) is 6.34. The molecule has 4 aliphatic carbocycles. The molecular formula is C22H30O3. The standard InChI is InChI=1S/C22H30O3/c1-4-14-12-20-19-7-5-15-11-16(24)6-8-17(15)18(19)9-10-22(20,3)21(14)25-13(2)23/h9,14,19-21H,4-8,10-12H2,1-3H3/t14-,19-,20+,21+,22+/m1/s1. The summed E-state index contributed by atoms with van der Waals surface area (Å²) < 4.78 is 5.86. The van der Waals surface area contributed by atoms with E-state index in [9.17, 15) is 9.59 Å². The van der Waals surface area contributed by atoms with Gasteiger partial charge in [-0.25, -0.2) is 0 Å². The van der Waals surface area contributed by atoms with Gasteiger partial charge in [-0.1, -0.05) is 25.5 Å². The molecule has 5 atom stereocenters. The quantitative estimate of drug-likeness (QED) is 0.680. The van der Waals surface area contributed by atoms with Crippen molar-refractivity contribution in [1.29, 1.82) is 0 Å². The van der Waals surface area contributed by atoms with Gasteiger partial charge in [-0.05, 0) is 67.4 Å². The van der Waals surface area contributed by atoms with Gasteiger partial charge in [0, 0.05) is 25.2 Å². The number of carbonyl (C=O) groups is 2. The molecule has 0 bridgehead atoms. The predicted octanol–water partition coefficient (Wildman–Crippen LogP) is 4.76. The van der Waals surface area contributed by atoms with Crippen molar-refractivity contribution < 1.29 is 14.3 Å². The average Bonchev–Trinajstić information content (AvgIpc) is 2.86. The average molecular weight is 342 g/mol. The number of esters is 1. The van der Waals surface area contributed by atoms with Gasteiger partial charge in [-0.15, -0.1) is 0 Å². The zero-order chi connectivity index (χ0) is 17.8. The van der Waals surface area contributed by atoms with Gasteiger partial charge >= 0.3 is 5.97 Å². The van der Waals surface area contributed by atoms with E-state index in [4.69, 9.17) is 4.74 Å². The van der Waals surface area contributed by atoms with Gasteiger partial charge in [0.2, 0.25) is 0 Å². The minimum Gasteiger partial charge on any atom is -0.462 e. The molecule has 0 N–H and O–H groups in total. The van der Waals surface area contributed by atoms with Gasteiger partial charge in [-0.2, -0.15) is 0 Å². The Bertz CT molecular complexity index is 671. The molecule has 4 aliphatic rings. The van der Waals surface area contributed by atoms with E-state index in [1.54, 1.807) is 12.5 Å². The Labute approximate surface area is 150 Å². The summed E-state index contributed by atoms with van der Waals surface area (Å²) in [6.45, 7) is 6.12. The zero-order valence-electron chi connectivity index (χ0n) is 15.8. The smallest absolute Gasteiger partial charge is 0.302 e. The van der Waals surface area contributed by atoms with Crippen LogP contribution in [0.1, 0.15) is 72.1 Å². The van der Waals surface area contributed by atoms with Crippen LogP contribution in [-0.2, 0) is 14.3 Å². The van der Waals surface area contributed by atoms with Crippen LogP contribution in [0.15, 0.2) is 22.8 Å². The van der Waals surface area contributed by atoms with E-state index in [1.807, 2.05) is 0 Å². The van der Waals surface area contributed by atoms with Crippen LogP contribution in [0.3, 0.4) is 0 Å². The van der Waals surface area contributed by atoms with E-state index in [0.29, 0.717) is 30.0 Å². The zero-order valence-corrected chi connectivity index (χ0v) is 15.8. The molecule has 0 spiro atoms. The van der Waals surface area contributed by atoms with Gasteiger partial charge in [0.15, 0.2) is 0 Å². The highest BCUT2D eigenvalue weighted by Gasteiger charge is 2.57. The lowest BCUT2D eigenvalue weighted by Crippen LogP contribution is -2.43. The molecule has 25 heavy (non-hydrogen) atoms. The first-order chi connectivity index (χ1) is 11.9.